The molecule has 1 amide bonds. The van der Waals surface area contributed by atoms with E-state index in [0.717, 1.165) is 17.6 Å². The van der Waals surface area contributed by atoms with Gasteiger partial charge in [0.1, 0.15) is 0 Å². The first-order valence-corrected chi connectivity index (χ1v) is 9.51. The van der Waals surface area contributed by atoms with Gasteiger partial charge in [0.15, 0.2) is 0 Å². The number of amides is 1. The summed E-state index contributed by atoms with van der Waals surface area (Å²) in [7, 11) is 0. The molecule has 3 aromatic heterocycles. The second kappa shape index (κ2) is 5.89. The zero-order chi connectivity index (χ0) is 19.5. The van der Waals surface area contributed by atoms with E-state index in [2.05, 4.69) is 59.0 Å². The minimum Gasteiger partial charge on any atom is -0.356 e. The van der Waals surface area contributed by atoms with Crippen LogP contribution in [-0.2, 0) is 6.42 Å². The summed E-state index contributed by atoms with van der Waals surface area (Å²) in [5, 5.41) is 5.59. The summed E-state index contributed by atoms with van der Waals surface area (Å²) in [6.07, 6.45) is 4.20. The molecule has 28 heavy (non-hydrogen) atoms. The lowest BCUT2D eigenvalue weighted by molar-refractivity contribution is 0.0463. The van der Waals surface area contributed by atoms with Crippen LogP contribution < -0.4 is 0 Å². The fraction of sp³-hybridized carbons (Fsp3) is 0.333. The number of benzene rings is 1. The van der Waals surface area contributed by atoms with E-state index in [1.165, 1.54) is 15.5 Å². The zero-order valence-electron chi connectivity index (χ0n) is 16.2. The van der Waals surface area contributed by atoms with Gasteiger partial charge in [0.05, 0.1) is 6.04 Å². The van der Waals surface area contributed by atoms with Gasteiger partial charge in [-0.15, -0.1) is 5.10 Å². The van der Waals surface area contributed by atoms with Crippen LogP contribution in [0.25, 0.3) is 16.7 Å². The number of nitrogens with zero attached hydrogens (tertiary/aromatic N) is 5. The summed E-state index contributed by atoms with van der Waals surface area (Å²) < 4.78 is 1.54. The number of aromatic nitrogens is 5. The van der Waals surface area contributed by atoms with E-state index in [4.69, 9.17) is 0 Å². The van der Waals surface area contributed by atoms with E-state index >= 15 is 0 Å². The minimum absolute atomic E-state index is 0.0873. The van der Waals surface area contributed by atoms with Crippen molar-refractivity contribution in [1.82, 2.24) is 29.5 Å². The Hall–Kier alpha value is -3.22. The maximum absolute atomic E-state index is 13.4. The van der Waals surface area contributed by atoms with Gasteiger partial charge >= 0.3 is 0 Å². The van der Waals surface area contributed by atoms with Gasteiger partial charge in [0.2, 0.25) is 5.82 Å². The third-order valence-corrected chi connectivity index (χ3v) is 5.42. The van der Waals surface area contributed by atoms with Crippen LogP contribution in [0.2, 0.25) is 0 Å². The summed E-state index contributed by atoms with van der Waals surface area (Å²) in [5.74, 6) is 0.462. The van der Waals surface area contributed by atoms with Crippen molar-refractivity contribution in [3.8, 4) is 0 Å². The first kappa shape index (κ1) is 16.9. The predicted octanol–water partition coefficient (Wildman–Crippen LogP) is 3.39. The van der Waals surface area contributed by atoms with E-state index in [1.807, 2.05) is 11.0 Å². The first-order valence-electron chi connectivity index (χ1n) is 9.51. The van der Waals surface area contributed by atoms with Crippen molar-refractivity contribution in [3.05, 3.63) is 59.8 Å². The maximum Gasteiger partial charge on any atom is 0.294 e. The second-order valence-electron chi connectivity index (χ2n) is 8.38. The summed E-state index contributed by atoms with van der Waals surface area (Å²) in [6.45, 7) is 7.13. The Morgan fingerprint density at radius 1 is 1.21 bits per heavy atom. The van der Waals surface area contributed by atoms with Gasteiger partial charge in [-0.2, -0.15) is 4.98 Å². The van der Waals surface area contributed by atoms with Gasteiger partial charge in [-0.05, 0) is 29.5 Å². The van der Waals surface area contributed by atoms with E-state index in [9.17, 15) is 4.79 Å². The van der Waals surface area contributed by atoms with Gasteiger partial charge in [-0.3, -0.25) is 4.79 Å². The number of H-pyrrole nitrogens is 1. The summed E-state index contributed by atoms with van der Waals surface area (Å²) in [6, 6.07) is 10.0. The molecule has 0 fully saturated rings. The molecule has 5 rings (SSSR count). The average molecular weight is 374 g/mol. The minimum atomic E-state index is -0.158. The van der Waals surface area contributed by atoms with Crippen LogP contribution in [0.4, 0.5) is 0 Å². The van der Waals surface area contributed by atoms with Gasteiger partial charge in [0.25, 0.3) is 11.7 Å². The third-order valence-electron chi connectivity index (χ3n) is 5.42. The number of hydrogen-bond acceptors (Lipinski definition) is 4. The Balaban J connectivity index is 1.61. The van der Waals surface area contributed by atoms with Gasteiger partial charge < -0.3 is 9.88 Å². The smallest absolute Gasteiger partial charge is 0.294 e. The molecular weight excluding hydrogens is 352 g/mol. The summed E-state index contributed by atoms with van der Waals surface area (Å²) in [4.78, 5) is 27.4. The van der Waals surface area contributed by atoms with E-state index in [-0.39, 0.29) is 23.2 Å². The molecule has 0 saturated heterocycles. The Morgan fingerprint density at radius 2 is 2.04 bits per heavy atom. The van der Waals surface area contributed by atoms with Crippen LogP contribution in [0.3, 0.4) is 0 Å². The molecule has 0 unspecified atom stereocenters. The molecule has 4 aromatic rings. The van der Waals surface area contributed by atoms with Crippen molar-refractivity contribution >= 4 is 22.6 Å². The normalized spacial score (nSPS) is 17.2. The highest BCUT2D eigenvalue weighted by molar-refractivity contribution is 5.92. The standard InChI is InChI=1S/C21H22N6O/c1-21(2,3)17-16-14(13-7-4-5-8-15(13)23-16)9-12-26(17)19(28)18-24-20-22-10-6-11-27(20)25-18/h4-8,10-11,17,23H,9,12H2,1-3H3/t17-/m0/s1. The van der Waals surface area contributed by atoms with E-state index < -0.39 is 0 Å². The third kappa shape index (κ3) is 2.50. The highest BCUT2D eigenvalue weighted by Crippen LogP contribution is 2.44. The van der Waals surface area contributed by atoms with Crippen molar-refractivity contribution in [1.29, 1.82) is 0 Å². The van der Waals surface area contributed by atoms with Crippen LogP contribution >= 0.6 is 0 Å². The molecular formula is C21H22N6O. The SMILES string of the molecule is CC(C)(C)[C@@H]1c2[nH]c3ccccc3c2CCN1C(=O)c1nc2ncccn2n1. The number of fused-ring (bicyclic) bond motifs is 4. The van der Waals surface area contributed by atoms with Crippen LogP contribution in [0.15, 0.2) is 42.7 Å². The lowest BCUT2D eigenvalue weighted by Gasteiger charge is -2.42. The zero-order valence-corrected chi connectivity index (χ0v) is 16.2. The Morgan fingerprint density at radius 3 is 2.82 bits per heavy atom. The Bertz CT molecular complexity index is 1170. The van der Waals surface area contributed by atoms with Crippen molar-refractivity contribution in [2.75, 3.05) is 6.54 Å². The molecule has 0 aliphatic carbocycles. The molecule has 1 N–H and O–H groups in total. The number of carbonyl (C=O) groups excluding carboxylic acids is 1. The number of aromatic amines is 1. The number of para-hydroxylation sites is 1. The largest absolute Gasteiger partial charge is 0.356 e. The first-order chi connectivity index (χ1) is 13.4. The molecule has 1 aliphatic rings. The van der Waals surface area contributed by atoms with Crippen molar-refractivity contribution in [2.45, 2.75) is 33.2 Å². The highest BCUT2D eigenvalue weighted by Gasteiger charge is 2.41. The van der Waals surface area contributed by atoms with Crippen LogP contribution in [0.5, 0.6) is 0 Å². The lowest BCUT2D eigenvalue weighted by Crippen LogP contribution is -2.45. The molecule has 142 valence electrons. The molecule has 0 radical (unpaired) electrons. The summed E-state index contributed by atoms with van der Waals surface area (Å²) in [5.41, 5.74) is 3.40. The Kier molecular flexibility index (Phi) is 3.56. The van der Waals surface area contributed by atoms with Crippen LogP contribution in [0, 0.1) is 5.41 Å². The maximum atomic E-state index is 13.4. The Labute approximate surface area is 162 Å². The van der Waals surface area contributed by atoms with Crippen molar-refractivity contribution in [2.24, 2.45) is 5.41 Å². The molecule has 0 bridgehead atoms. The molecule has 7 heteroatoms. The quantitative estimate of drug-likeness (QED) is 0.554. The highest BCUT2D eigenvalue weighted by atomic mass is 16.2. The molecule has 1 aliphatic heterocycles. The average Bonchev–Trinajstić information content (AvgIpc) is 3.27. The van der Waals surface area contributed by atoms with Gasteiger partial charge in [-0.1, -0.05) is 39.0 Å². The molecule has 0 spiro atoms. The topological polar surface area (TPSA) is 79.2 Å². The van der Waals surface area contributed by atoms with Gasteiger partial charge in [-0.25, -0.2) is 9.50 Å². The lowest BCUT2D eigenvalue weighted by atomic mass is 9.79. The fourth-order valence-corrected chi connectivity index (χ4v) is 4.31. The summed E-state index contributed by atoms with van der Waals surface area (Å²) >= 11 is 0. The molecule has 0 saturated carbocycles. The number of nitrogens with one attached hydrogen (secondary N) is 1. The monoisotopic (exact) mass is 374 g/mol. The molecule has 7 nitrogen and oxygen atoms in total. The molecule has 1 aromatic carbocycles. The van der Waals surface area contributed by atoms with Crippen LogP contribution in [0.1, 0.15) is 48.7 Å². The van der Waals surface area contributed by atoms with Crippen LogP contribution in [-0.4, -0.2) is 41.9 Å². The van der Waals surface area contributed by atoms with Crippen molar-refractivity contribution in [3.63, 3.8) is 0 Å². The second-order valence-corrected chi connectivity index (χ2v) is 8.38. The fourth-order valence-electron chi connectivity index (χ4n) is 4.31. The van der Waals surface area contributed by atoms with Crippen molar-refractivity contribution < 1.29 is 4.79 Å². The number of hydrogen-bond donors (Lipinski definition) is 1. The van der Waals surface area contributed by atoms with E-state index in [1.54, 1.807) is 18.5 Å². The number of rotatable bonds is 1. The number of carbonyl (C=O) groups is 1. The van der Waals surface area contributed by atoms with Gasteiger partial charge in [0, 0.05) is 35.5 Å². The molecule has 1 atom stereocenters. The predicted molar refractivity (Wildman–Crippen MR) is 106 cm³/mol. The molecule has 4 heterocycles. The van der Waals surface area contributed by atoms with E-state index in [0.29, 0.717) is 12.3 Å².